The van der Waals surface area contributed by atoms with Gasteiger partial charge in [0.1, 0.15) is 10.6 Å². The zero-order valence-corrected chi connectivity index (χ0v) is 16.3. The fourth-order valence-electron chi connectivity index (χ4n) is 3.25. The number of aromatic nitrogens is 2. The normalized spacial score (nSPS) is 17.2. The first-order valence-electron chi connectivity index (χ1n) is 8.26. The van der Waals surface area contributed by atoms with Gasteiger partial charge in [0.05, 0.1) is 13.3 Å². The summed E-state index contributed by atoms with van der Waals surface area (Å²) in [5.41, 5.74) is 0.439. The summed E-state index contributed by atoms with van der Waals surface area (Å²) in [6, 6.07) is 5.42. The Kier molecular flexibility index (Phi) is 5.57. The highest BCUT2D eigenvalue weighted by Crippen LogP contribution is 2.41. The van der Waals surface area contributed by atoms with Crippen LogP contribution in [0, 0.1) is 0 Å². The van der Waals surface area contributed by atoms with Gasteiger partial charge in [-0.1, -0.05) is 11.6 Å². The number of nitrogens with zero attached hydrogens (tertiary/aromatic N) is 2. The number of nitrogens with one attached hydrogen (secondary N) is 1. The Morgan fingerprint density at radius 2 is 2.12 bits per heavy atom. The van der Waals surface area contributed by atoms with E-state index in [0.717, 1.165) is 5.56 Å². The molecule has 26 heavy (non-hydrogen) atoms. The lowest BCUT2D eigenvalue weighted by Crippen LogP contribution is -2.44. The number of halogens is 1. The first-order valence-corrected chi connectivity index (χ1v) is 10.1. The van der Waals surface area contributed by atoms with Crippen LogP contribution in [0.5, 0.6) is 5.75 Å². The van der Waals surface area contributed by atoms with Crippen LogP contribution >= 0.6 is 11.6 Å². The van der Waals surface area contributed by atoms with Crippen molar-refractivity contribution in [2.24, 2.45) is 7.05 Å². The van der Waals surface area contributed by atoms with Crippen LogP contribution in [-0.4, -0.2) is 45.1 Å². The average molecular weight is 400 g/mol. The molecule has 0 unspecified atom stereocenters. The number of rotatable bonds is 6. The van der Waals surface area contributed by atoms with Gasteiger partial charge in [-0.3, -0.25) is 4.68 Å². The summed E-state index contributed by atoms with van der Waals surface area (Å²) < 4.78 is 40.5. The van der Waals surface area contributed by atoms with Gasteiger partial charge in [-0.25, -0.2) is 13.1 Å². The van der Waals surface area contributed by atoms with Crippen LogP contribution in [0.4, 0.5) is 0 Å². The lowest BCUT2D eigenvalue weighted by atomic mass is 9.74. The Morgan fingerprint density at radius 3 is 2.73 bits per heavy atom. The number of sulfonamides is 1. The van der Waals surface area contributed by atoms with E-state index in [1.807, 2.05) is 12.1 Å². The second-order valence-electron chi connectivity index (χ2n) is 6.41. The monoisotopic (exact) mass is 399 g/mol. The van der Waals surface area contributed by atoms with Crippen molar-refractivity contribution in [1.29, 1.82) is 0 Å². The Bertz CT molecular complexity index is 876. The van der Waals surface area contributed by atoms with E-state index >= 15 is 0 Å². The highest BCUT2D eigenvalue weighted by Gasteiger charge is 2.38. The molecule has 7 nitrogen and oxygen atoms in total. The second kappa shape index (κ2) is 7.56. The number of ether oxygens (including phenoxy) is 2. The van der Waals surface area contributed by atoms with Crippen LogP contribution in [0.25, 0.3) is 0 Å². The van der Waals surface area contributed by atoms with Gasteiger partial charge in [-0.05, 0) is 31.0 Å². The van der Waals surface area contributed by atoms with Crippen LogP contribution in [0.2, 0.25) is 5.02 Å². The van der Waals surface area contributed by atoms with Gasteiger partial charge in [0.25, 0.3) is 0 Å². The molecular formula is C17H22ClN3O4S. The maximum Gasteiger partial charge on any atom is 0.243 e. The molecular weight excluding hydrogens is 378 g/mol. The summed E-state index contributed by atoms with van der Waals surface area (Å²) in [6.07, 6.45) is 4.14. The van der Waals surface area contributed by atoms with E-state index in [1.54, 1.807) is 20.2 Å². The first-order chi connectivity index (χ1) is 12.4. The van der Waals surface area contributed by atoms with Crippen molar-refractivity contribution in [2.75, 3.05) is 26.9 Å². The lowest BCUT2D eigenvalue weighted by molar-refractivity contribution is 0.0509. The number of methoxy groups -OCH3 is 1. The molecule has 0 saturated carbocycles. The molecule has 2 aromatic rings. The van der Waals surface area contributed by atoms with Crippen LogP contribution in [-0.2, 0) is 27.2 Å². The zero-order chi connectivity index (χ0) is 18.8. The Labute approximate surface area is 158 Å². The molecule has 0 atom stereocenters. The van der Waals surface area contributed by atoms with Gasteiger partial charge in [0.2, 0.25) is 10.0 Å². The number of hydrogen-bond acceptors (Lipinski definition) is 5. The van der Waals surface area contributed by atoms with Gasteiger partial charge in [0.15, 0.2) is 0 Å². The molecule has 0 amide bonds. The van der Waals surface area contributed by atoms with Crippen molar-refractivity contribution in [3.63, 3.8) is 0 Å². The topological polar surface area (TPSA) is 82.5 Å². The van der Waals surface area contributed by atoms with Gasteiger partial charge in [0, 0.05) is 49.0 Å². The molecule has 0 bridgehead atoms. The summed E-state index contributed by atoms with van der Waals surface area (Å²) in [6.45, 7) is 1.32. The first kappa shape index (κ1) is 19.2. The van der Waals surface area contributed by atoms with Gasteiger partial charge < -0.3 is 9.47 Å². The third-order valence-corrected chi connectivity index (χ3v) is 6.37. The van der Waals surface area contributed by atoms with E-state index in [1.165, 1.54) is 17.1 Å². The minimum atomic E-state index is -3.66. The molecule has 1 fully saturated rings. The average Bonchev–Trinajstić information content (AvgIpc) is 3.08. The van der Waals surface area contributed by atoms with Crippen LogP contribution in [0.3, 0.4) is 0 Å². The van der Waals surface area contributed by atoms with Crippen molar-refractivity contribution in [3.05, 3.63) is 41.2 Å². The van der Waals surface area contributed by atoms with Crippen molar-refractivity contribution in [3.8, 4) is 5.75 Å². The fraction of sp³-hybridized carbons (Fsp3) is 0.471. The van der Waals surface area contributed by atoms with Crippen LogP contribution in [0.15, 0.2) is 35.5 Å². The quantitative estimate of drug-likeness (QED) is 0.804. The van der Waals surface area contributed by atoms with Crippen molar-refractivity contribution in [1.82, 2.24) is 14.5 Å². The predicted octanol–water partition coefficient (Wildman–Crippen LogP) is 2.11. The maximum absolute atomic E-state index is 12.6. The summed E-state index contributed by atoms with van der Waals surface area (Å²) in [7, 11) is -0.389. The molecule has 1 aromatic heterocycles. The highest BCUT2D eigenvalue weighted by molar-refractivity contribution is 7.89. The van der Waals surface area contributed by atoms with Gasteiger partial charge in [-0.15, -0.1) is 0 Å². The van der Waals surface area contributed by atoms with Crippen LogP contribution in [0.1, 0.15) is 18.4 Å². The van der Waals surface area contributed by atoms with Crippen molar-refractivity contribution >= 4 is 21.6 Å². The molecule has 0 radical (unpaired) electrons. The standard InChI is InChI=1S/C17H22ClN3O4S/c1-21-11-14(10-19-21)26(22,23)20-12-17(5-7-25-8-6-17)15-9-13(18)3-4-16(15)24-2/h3-4,9-11,20H,5-8,12H2,1-2H3. The molecule has 1 aliphatic rings. The Hall–Kier alpha value is -1.61. The summed E-state index contributed by atoms with van der Waals surface area (Å²) in [5.74, 6) is 0.692. The fourth-order valence-corrected chi connectivity index (χ4v) is 4.53. The predicted molar refractivity (Wildman–Crippen MR) is 98.1 cm³/mol. The molecule has 1 aromatic carbocycles. The molecule has 1 saturated heterocycles. The minimum absolute atomic E-state index is 0.139. The van der Waals surface area contributed by atoms with Crippen molar-refractivity contribution in [2.45, 2.75) is 23.2 Å². The molecule has 0 spiro atoms. The maximum atomic E-state index is 12.6. The van der Waals surface area contributed by atoms with E-state index < -0.39 is 15.4 Å². The summed E-state index contributed by atoms with van der Waals surface area (Å²) >= 11 is 6.21. The minimum Gasteiger partial charge on any atom is -0.496 e. The van der Waals surface area contributed by atoms with E-state index in [4.69, 9.17) is 21.1 Å². The smallest absolute Gasteiger partial charge is 0.243 e. The van der Waals surface area contributed by atoms with E-state index in [2.05, 4.69) is 9.82 Å². The van der Waals surface area contributed by atoms with Crippen molar-refractivity contribution < 1.29 is 17.9 Å². The summed E-state index contributed by atoms with van der Waals surface area (Å²) in [4.78, 5) is 0.139. The molecule has 1 aliphatic heterocycles. The molecule has 1 N–H and O–H groups in total. The highest BCUT2D eigenvalue weighted by atomic mass is 35.5. The Morgan fingerprint density at radius 1 is 1.38 bits per heavy atom. The molecule has 142 valence electrons. The Balaban J connectivity index is 1.93. The molecule has 0 aliphatic carbocycles. The van der Waals surface area contributed by atoms with E-state index in [0.29, 0.717) is 36.8 Å². The zero-order valence-electron chi connectivity index (χ0n) is 14.7. The second-order valence-corrected chi connectivity index (χ2v) is 8.61. The van der Waals surface area contributed by atoms with Crippen LogP contribution < -0.4 is 9.46 Å². The third kappa shape index (κ3) is 3.88. The molecule has 3 rings (SSSR count). The molecule has 2 heterocycles. The summed E-state index contributed by atoms with van der Waals surface area (Å²) in [5, 5.41) is 4.52. The SMILES string of the molecule is COc1ccc(Cl)cc1C1(CNS(=O)(=O)c2cnn(C)c2)CCOCC1. The van der Waals surface area contributed by atoms with E-state index in [9.17, 15) is 8.42 Å². The molecule has 9 heteroatoms. The lowest BCUT2D eigenvalue weighted by Gasteiger charge is -2.38. The third-order valence-electron chi connectivity index (χ3n) is 4.77. The van der Waals surface area contributed by atoms with Gasteiger partial charge in [-0.2, -0.15) is 5.10 Å². The van der Waals surface area contributed by atoms with Gasteiger partial charge >= 0.3 is 0 Å². The van der Waals surface area contributed by atoms with E-state index in [-0.39, 0.29) is 11.4 Å². The number of aryl methyl sites for hydroxylation is 1. The largest absolute Gasteiger partial charge is 0.496 e. The number of benzene rings is 1. The number of hydrogen-bond donors (Lipinski definition) is 1.